The Labute approximate surface area is 144 Å². The van der Waals surface area contributed by atoms with Gasteiger partial charge in [-0.15, -0.1) is 0 Å². The van der Waals surface area contributed by atoms with Crippen LogP contribution in [0.3, 0.4) is 0 Å². The number of aryl methyl sites for hydroxylation is 1. The van der Waals surface area contributed by atoms with Crippen molar-refractivity contribution < 1.29 is 4.74 Å². The fourth-order valence-electron chi connectivity index (χ4n) is 3.58. The minimum absolute atomic E-state index is 0.486. The van der Waals surface area contributed by atoms with Crippen LogP contribution in [0.15, 0.2) is 47.7 Å². The lowest BCUT2D eigenvalue weighted by molar-refractivity contribution is 0.374. The number of nitrogens with one attached hydrogen (secondary N) is 2. The Morgan fingerprint density at radius 1 is 1.12 bits per heavy atom. The molecule has 2 aromatic heterocycles. The summed E-state index contributed by atoms with van der Waals surface area (Å²) in [5, 5.41) is 7.99. The number of ether oxygens (including phenoxy) is 1. The summed E-state index contributed by atoms with van der Waals surface area (Å²) in [7, 11) is 0. The molecule has 2 aromatic carbocycles. The van der Waals surface area contributed by atoms with Crippen LogP contribution in [0.25, 0.3) is 32.6 Å². The molecule has 1 aliphatic heterocycles. The maximum atomic E-state index is 5.91. The molecule has 0 radical (unpaired) electrons. The van der Waals surface area contributed by atoms with Gasteiger partial charge in [-0.3, -0.25) is 9.98 Å². The highest BCUT2D eigenvalue weighted by Gasteiger charge is 2.11. The van der Waals surface area contributed by atoms with Crippen LogP contribution >= 0.6 is 0 Å². The Kier molecular flexibility index (Phi) is 3.13. The predicted molar refractivity (Wildman–Crippen MR) is 102 cm³/mol. The molecule has 0 fully saturated rings. The number of rotatable bonds is 3. The second-order valence-corrected chi connectivity index (χ2v) is 6.40. The van der Waals surface area contributed by atoms with Gasteiger partial charge in [0, 0.05) is 40.6 Å². The average Bonchev–Trinajstić information content (AvgIpc) is 3.28. The minimum atomic E-state index is 0.486. The van der Waals surface area contributed by atoms with Crippen molar-refractivity contribution in [1.29, 1.82) is 0 Å². The third kappa shape index (κ3) is 2.31. The maximum Gasteiger partial charge on any atom is 0.145 e. The fraction of sp³-hybridized carbons (Fsp3) is 0.200. The Balaban J connectivity index is 1.63. The van der Waals surface area contributed by atoms with Gasteiger partial charge >= 0.3 is 0 Å². The zero-order chi connectivity index (χ0) is 16.8. The molecule has 25 heavy (non-hydrogen) atoms. The van der Waals surface area contributed by atoms with Crippen molar-refractivity contribution in [3.05, 3.63) is 48.3 Å². The first-order valence-electron chi connectivity index (χ1n) is 8.48. The second-order valence-electron chi connectivity index (χ2n) is 6.40. The van der Waals surface area contributed by atoms with Crippen molar-refractivity contribution in [2.24, 2.45) is 4.99 Å². The van der Waals surface area contributed by atoms with E-state index in [0.29, 0.717) is 6.61 Å². The number of fused-ring (bicyclic) bond motifs is 4. The van der Waals surface area contributed by atoms with E-state index in [-0.39, 0.29) is 0 Å². The summed E-state index contributed by atoms with van der Waals surface area (Å²) in [4.78, 5) is 12.2. The van der Waals surface area contributed by atoms with Gasteiger partial charge in [0.15, 0.2) is 0 Å². The third-order valence-electron chi connectivity index (χ3n) is 4.86. The minimum Gasteiger partial charge on any atom is -0.486 e. The van der Waals surface area contributed by atoms with Crippen molar-refractivity contribution in [3.8, 4) is 5.75 Å². The molecule has 0 saturated heterocycles. The first kappa shape index (κ1) is 14.3. The Morgan fingerprint density at radius 2 is 2.08 bits per heavy atom. The number of amidine groups is 1. The zero-order valence-corrected chi connectivity index (χ0v) is 14.0. The van der Waals surface area contributed by atoms with Gasteiger partial charge in [-0.2, -0.15) is 0 Å². The molecule has 1 aliphatic rings. The molecule has 124 valence electrons. The number of aromatic nitrogens is 2. The lowest BCUT2D eigenvalue weighted by Gasteiger charge is -2.07. The van der Waals surface area contributed by atoms with Crippen LogP contribution in [0.1, 0.15) is 5.56 Å². The number of pyridine rings is 1. The Morgan fingerprint density at radius 3 is 2.96 bits per heavy atom. The quantitative estimate of drug-likeness (QED) is 0.604. The number of aliphatic imine (C=N–C) groups is 1. The Bertz CT molecular complexity index is 1140. The first-order chi connectivity index (χ1) is 12.3. The van der Waals surface area contributed by atoms with Gasteiger partial charge in [-0.05, 0) is 48.2 Å². The van der Waals surface area contributed by atoms with Gasteiger partial charge in [0.2, 0.25) is 0 Å². The lowest BCUT2D eigenvalue weighted by Crippen LogP contribution is -2.24. The molecule has 5 nitrogen and oxygen atoms in total. The van der Waals surface area contributed by atoms with E-state index in [2.05, 4.69) is 51.5 Å². The lowest BCUT2D eigenvalue weighted by atomic mass is 10.0. The molecule has 3 heterocycles. The summed E-state index contributed by atoms with van der Waals surface area (Å²) in [6, 6.07) is 10.5. The van der Waals surface area contributed by atoms with Gasteiger partial charge in [0.05, 0.1) is 12.1 Å². The molecule has 0 atom stereocenters. The highest BCUT2D eigenvalue weighted by Crippen LogP contribution is 2.34. The van der Waals surface area contributed by atoms with Crippen LogP contribution < -0.4 is 10.1 Å². The van der Waals surface area contributed by atoms with E-state index >= 15 is 0 Å². The molecular formula is C20H18N4O. The van der Waals surface area contributed by atoms with E-state index in [1.165, 1.54) is 27.2 Å². The predicted octanol–water partition coefficient (Wildman–Crippen LogP) is 3.56. The van der Waals surface area contributed by atoms with Crippen LogP contribution in [0.5, 0.6) is 5.75 Å². The van der Waals surface area contributed by atoms with Crippen molar-refractivity contribution in [2.75, 3.05) is 19.7 Å². The number of hydrogen-bond donors (Lipinski definition) is 2. The first-order valence-corrected chi connectivity index (χ1v) is 8.48. The third-order valence-corrected chi connectivity index (χ3v) is 4.86. The Hall–Kier alpha value is -3.08. The summed E-state index contributed by atoms with van der Waals surface area (Å²) >= 11 is 0. The molecular weight excluding hydrogens is 312 g/mol. The second kappa shape index (κ2) is 5.48. The normalized spacial score (nSPS) is 14.2. The van der Waals surface area contributed by atoms with Crippen LogP contribution in [-0.4, -0.2) is 35.5 Å². The van der Waals surface area contributed by atoms with E-state index in [4.69, 9.17) is 4.74 Å². The molecule has 0 aliphatic carbocycles. The highest BCUT2D eigenvalue weighted by molar-refractivity contribution is 6.14. The molecule has 0 amide bonds. The molecule has 2 N–H and O–H groups in total. The topological polar surface area (TPSA) is 62.3 Å². The number of benzene rings is 2. The van der Waals surface area contributed by atoms with E-state index in [1.807, 2.05) is 18.5 Å². The van der Waals surface area contributed by atoms with Crippen LogP contribution in [-0.2, 0) is 0 Å². The number of nitrogens with zero attached hydrogens (tertiary/aromatic N) is 2. The highest BCUT2D eigenvalue weighted by atomic mass is 16.5. The van der Waals surface area contributed by atoms with Crippen molar-refractivity contribution in [2.45, 2.75) is 6.92 Å². The molecule has 0 spiro atoms. The molecule has 5 rings (SSSR count). The van der Waals surface area contributed by atoms with Crippen LogP contribution in [0.4, 0.5) is 0 Å². The van der Waals surface area contributed by atoms with Crippen LogP contribution in [0, 0.1) is 6.92 Å². The van der Waals surface area contributed by atoms with Crippen molar-refractivity contribution >= 4 is 38.4 Å². The number of hydrogen-bond acceptors (Lipinski definition) is 4. The number of aromatic amines is 1. The molecule has 0 saturated carbocycles. The summed E-state index contributed by atoms with van der Waals surface area (Å²) in [5.41, 5.74) is 3.54. The van der Waals surface area contributed by atoms with Gasteiger partial charge in [0.1, 0.15) is 18.2 Å². The van der Waals surface area contributed by atoms with Gasteiger partial charge in [0.25, 0.3) is 0 Å². The van der Waals surface area contributed by atoms with E-state index < -0.39 is 0 Å². The zero-order valence-electron chi connectivity index (χ0n) is 14.0. The fourth-order valence-corrected chi connectivity index (χ4v) is 3.58. The maximum absolute atomic E-state index is 5.91. The monoisotopic (exact) mass is 330 g/mol. The summed E-state index contributed by atoms with van der Waals surface area (Å²) in [6.07, 6.45) is 3.76. The van der Waals surface area contributed by atoms with Gasteiger partial charge in [-0.1, -0.05) is 0 Å². The van der Waals surface area contributed by atoms with Crippen molar-refractivity contribution in [3.63, 3.8) is 0 Å². The SMILES string of the molecule is Cc1c2ccncc2cc2c1[nH]c1ccc(OCC3=NCCN3)cc12. The summed E-state index contributed by atoms with van der Waals surface area (Å²) < 4.78 is 5.91. The largest absolute Gasteiger partial charge is 0.486 e. The molecule has 4 aromatic rings. The smallest absolute Gasteiger partial charge is 0.145 e. The molecule has 0 unspecified atom stereocenters. The summed E-state index contributed by atoms with van der Waals surface area (Å²) in [5.74, 6) is 1.78. The van der Waals surface area contributed by atoms with Gasteiger partial charge in [-0.25, -0.2) is 0 Å². The standard InChI is InChI=1S/C20H18N4O/c1-12-15-4-5-21-10-13(15)8-17-16-9-14(2-3-18(16)24-20(12)17)25-11-19-22-6-7-23-19/h2-5,8-10,24H,6-7,11H2,1H3,(H,22,23). The van der Waals surface area contributed by atoms with Gasteiger partial charge < -0.3 is 15.0 Å². The number of H-pyrrole nitrogens is 1. The van der Waals surface area contributed by atoms with Crippen LogP contribution in [0.2, 0.25) is 0 Å². The summed E-state index contributed by atoms with van der Waals surface area (Å²) in [6.45, 7) is 4.38. The van der Waals surface area contributed by atoms with E-state index in [0.717, 1.165) is 35.6 Å². The van der Waals surface area contributed by atoms with E-state index in [9.17, 15) is 0 Å². The molecule has 0 bridgehead atoms. The van der Waals surface area contributed by atoms with E-state index in [1.54, 1.807) is 0 Å². The molecule has 5 heteroatoms. The average molecular weight is 330 g/mol. The van der Waals surface area contributed by atoms with Crippen molar-refractivity contribution in [1.82, 2.24) is 15.3 Å².